The second kappa shape index (κ2) is 11.5. The molecule has 0 unspecified atom stereocenters. The predicted molar refractivity (Wildman–Crippen MR) is 135 cm³/mol. The largest absolute Gasteiger partial charge is 0.392 e. The van der Waals surface area contributed by atoms with Crippen LogP contribution in [-0.2, 0) is 0 Å². The van der Waals surface area contributed by atoms with E-state index in [-0.39, 0.29) is 28.1 Å². The van der Waals surface area contributed by atoms with Crippen LogP contribution in [0.2, 0.25) is 5.02 Å². The first-order valence-corrected chi connectivity index (χ1v) is 12.0. The van der Waals surface area contributed by atoms with E-state index in [0.29, 0.717) is 31.0 Å². The average Bonchev–Trinajstić information content (AvgIpc) is 3.30. The molecule has 0 aliphatic carbocycles. The maximum Gasteiger partial charge on any atom is 0.270 e. The maximum absolute atomic E-state index is 13.3. The van der Waals surface area contributed by atoms with Crippen molar-refractivity contribution < 1.29 is 23.9 Å². The van der Waals surface area contributed by atoms with Crippen LogP contribution in [0.25, 0.3) is 5.69 Å². The molecule has 1 aliphatic rings. The van der Waals surface area contributed by atoms with Crippen LogP contribution < -0.4 is 16.4 Å². The Labute approximate surface area is 217 Å². The second-order valence-corrected chi connectivity index (χ2v) is 9.06. The van der Waals surface area contributed by atoms with Gasteiger partial charge in [0.2, 0.25) is 0 Å². The zero-order chi connectivity index (χ0) is 26.5. The number of aliphatic hydroxyl groups excluding tert-OH is 1. The highest BCUT2D eigenvalue weighted by Gasteiger charge is 2.24. The van der Waals surface area contributed by atoms with E-state index in [1.165, 1.54) is 17.0 Å². The van der Waals surface area contributed by atoms with Crippen LogP contribution in [0, 0.1) is 5.82 Å². The van der Waals surface area contributed by atoms with Gasteiger partial charge < -0.3 is 21.5 Å². The van der Waals surface area contributed by atoms with Crippen molar-refractivity contribution in [2.75, 3.05) is 31.5 Å². The Morgan fingerprint density at radius 3 is 2.59 bits per heavy atom. The first-order valence-electron chi connectivity index (χ1n) is 11.7. The fraction of sp³-hybridized carbons (Fsp3) is 0.280. The number of β-amino-alcohol motifs (C(OH)–C–C–N with tert-alkyl or cyclic N) is 1. The number of amides is 3. The molecule has 0 radical (unpaired) electrons. The maximum atomic E-state index is 13.3. The number of imidazole rings is 1. The normalized spacial score (nSPS) is 15.8. The molecule has 1 atom stereocenters. The van der Waals surface area contributed by atoms with Gasteiger partial charge in [-0.15, -0.1) is 0 Å². The molecule has 3 amide bonds. The first kappa shape index (κ1) is 26.3. The number of aliphatic hydroxyl groups is 1. The van der Waals surface area contributed by atoms with E-state index in [1.54, 1.807) is 24.3 Å². The van der Waals surface area contributed by atoms with Gasteiger partial charge in [-0.3, -0.25) is 23.9 Å². The van der Waals surface area contributed by atoms with Crippen molar-refractivity contribution in [2.24, 2.45) is 5.73 Å². The molecule has 0 spiro atoms. The van der Waals surface area contributed by atoms with Crippen LogP contribution >= 0.6 is 11.6 Å². The third-order valence-corrected chi connectivity index (χ3v) is 6.30. The summed E-state index contributed by atoms with van der Waals surface area (Å²) in [6, 6.07) is 9.92. The Bertz CT molecular complexity index is 1310. The highest BCUT2D eigenvalue weighted by Crippen LogP contribution is 2.21. The lowest BCUT2D eigenvalue weighted by molar-refractivity contribution is 0.0701. The second-order valence-electron chi connectivity index (χ2n) is 8.65. The van der Waals surface area contributed by atoms with Gasteiger partial charge >= 0.3 is 0 Å². The fourth-order valence-corrected chi connectivity index (χ4v) is 4.42. The molecule has 1 aliphatic heterocycles. The molecule has 4 rings (SSSR count). The minimum Gasteiger partial charge on any atom is -0.392 e. The summed E-state index contributed by atoms with van der Waals surface area (Å²) in [5.41, 5.74) is 6.31. The Kier molecular flexibility index (Phi) is 8.17. The SMILES string of the molecule is NC(=O)c1ncn(-c2ccc(NC(=O)c3ccc(F)cc3Cl)cc2)c1C(=O)NCCN1CCC[C@H](O)C1. The van der Waals surface area contributed by atoms with E-state index in [9.17, 15) is 23.9 Å². The van der Waals surface area contributed by atoms with Crippen molar-refractivity contribution in [3.8, 4) is 5.69 Å². The number of nitrogens with zero attached hydrogens (tertiary/aromatic N) is 3. The summed E-state index contributed by atoms with van der Waals surface area (Å²) >= 11 is 5.96. The number of rotatable bonds is 8. The molecule has 3 aromatic rings. The lowest BCUT2D eigenvalue weighted by Crippen LogP contribution is -2.42. The van der Waals surface area contributed by atoms with Crippen LogP contribution in [-0.4, -0.2) is 69.6 Å². The van der Waals surface area contributed by atoms with E-state index < -0.39 is 23.5 Å². The predicted octanol–water partition coefficient (Wildman–Crippen LogP) is 2.20. The molecule has 12 heteroatoms. The molecule has 1 saturated heterocycles. The van der Waals surface area contributed by atoms with Gasteiger partial charge in [0.1, 0.15) is 17.8 Å². The smallest absolute Gasteiger partial charge is 0.270 e. The summed E-state index contributed by atoms with van der Waals surface area (Å²) in [4.78, 5) is 43.5. The number of halogens is 2. The molecule has 194 valence electrons. The Hall–Kier alpha value is -3.80. The van der Waals surface area contributed by atoms with Crippen molar-refractivity contribution in [3.05, 3.63) is 76.6 Å². The van der Waals surface area contributed by atoms with Crippen LogP contribution in [0.15, 0.2) is 48.8 Å². The number of piperidine rings is 1. The van der Waals surface area contributed by atoms with Crippen molar-refractivity contribution in [1.29, 1.82) is 0 Å². The van der Waals surface area contributed by atoms with Gasteiger partial charge in [0.05, 0.1) is 16.7 Å². The standard InChI is InChI=1S/C25H26ClFN6O4/c26-20-12-15(27)3-8-19(20)24(36)31-16-4-6-17(7-5-16)33-14-30-21(23(28)35)22(33)25(37)29-9-11-32-10-1-2-18(34)13-32/h3-8,12,14,18,34H,1-2,9-11,13H2,(H2,28,35)(H,29,37)(H,31,36)/t18-/m0/s1. The van der Waals surface area contributed by atoms with Crippen LogP contribution in [0.3, 0.4) is 0 Å². The molecule has 2 aromatic carbocycles. The average molecular weight is 529 g/mol. The minimum absolute atomic E-state index is 0.0129. The third kappa shape index (κ3) is 6.31. The van der Waals surface area contributed by atoms with Crippen LogP contribution in [0.5, 0.6) is 0 Å². The van der Waals surface area contributed by atoms with Crippen molar-refractivity contribution in [3.63, 3.8) is 0 Å². The highest BCUT2D eigenvalue weighted by atomic mass is 35.5. The minimum atomic E-state index is -0.844. The van der Waals surface area contributed by atoms with Gasteiger partial charge in [0.25, 0.3) is 17.7 Å². The van der Waals surface area contributed by atoms with Crippen LogP contribution in [0.1, 0.15) is 44.2 Å². The zero-order valence-electron chi connectivity index (χ0n) is 19.8. The van der Waals surface area contributed by atoms with E-state index >= 15 is 0 Å². The fourth-order valence-electron chi connectivity index (χ4n) is 4.16. The summed E-state index contributed by atoms with van der Waals surface area (Å²) in [5.74, 6) is -2.43. The zero-order valence-corrected chi connectivity index (χ0v) is 20.5. The number of carbonyl (C=O) groups is 3. The molecular formula is C25H26ClFN6O4. The topological polar surface area (TPSA) is 143 Å². The number of benzene rings is 2. The summed E-state index contributed by atoms with van der Waals surface area (Å²) in [6.07, 6.45) is 2.61. The number of hydrogen-bond donors (Lipinski definition) is 4. The van der Waals surface area contributed by atoms with Crippen molar-refractivity contribution >= 4 is 35.0 Å². The van der Waals surface area contributed by atoms with Gasteiger partial charge in [-0.1, -0.05) is 11.6 Å². The quantitative estimate of drug-likeness (QED) is 0.353. The van der Waals surface area contributed by atoms with Crippen LogP contribution in [0.4, 0.5) is 10.1 Å². The number of likely N-dealkylation sites (tertiary alicyclic amines) is 1. The molecule has 5 N–H and O–H groups in total. The summed E-state index contributed by atoms with van der Waals surface area (Å²) < 4.78 is 14.7. The molecule has 1 fully saturated rings. The monoisotopic (exact) mass is 528 g/mol. The molecule has 2 heterocycles. The molecule has 37 heavy (non-hydrogen) atoms. The molecule has 10 nitrogen and oxygen atoms in total. The molecular weight excluding hydrogens is 503 g/mol. The Morgan fingerprint density at radius 2 is 1.92 bits per heavy atom. The summed E-state index contributed by atoms with van der Waals surface area (Å²) in [7, 11) is 0. The number of primary amides is 1. The van der Waals surface area contributed by atoms with Crippen molar-refractivity contribution in [2.45, 2.75) is 18.9 Å². The van der Waals surface area contributed by atoms with E-state index in [4.69, 9.17) is 17.3 Å². The lowest BCUT2D eigenvalue weighted by Gasteiger charge is -2.29. The van der Waals surface area contributed by atoms with E-state index in [2.05, 4.69) is 20.5 Å². The number of anilines is 1. The summed E-state index contributed by atoms with van der Waals surface area (Å²) in [6.45, 7) is 2.26. The molecule has 1 aromatic heterocycles. The van der Waals surface area contributed by atoms with Gasteiger partial charge in [-0.05, 0) is 61.9 Å². The Balaban J connectivity index is 1.47. The number of nitrogens with two attached hydrogens (primary N) is 1. The number of hydrogen-bond acceptors (Lipinski definition) is 6. The molecule has 0 bridgehead atoms. The van der Waals surface area contributed by atoms with E-state index in [0.717, 1.165) is 31.5 Å². The van der Waals surface area contributed by atoms with Gasteiger partial charge in [-0.25, -0.2) is 9.37 Å². The van der Waals surface area contributed by atoms with Gasteiger partial charge in [-0.2, -0.15) is 0 Å². The first-order chi connectivity index (χ1) is 17.7. The van der Waals surface area contributed by atoms with Gasteiger partial charge in [0.15, 0.2) is 5.69 Å². The van der Waals surface area contributed by atoms with Gasteiger partial charge in [0, 0.05) is 31.0 Å². The number of aromatic nitrogens is 2. The highest BCUT2D eigenvalue weighted by molar-refractivity contribution is 6.34. The Morgan fingerprint density at radius 1 is 1.16 bits per heavy atom. The number of nitrogens with one attached hydrogen (secondary N) is 2. The summed E-state index contributed by atoms with van der Waals surface area (Å²) in [5, 5.41) is 15.3. The van der Waals surface area contributed by atoms with Crippen molar-refractivity contribution in [1.82, 2.24) is 19.8 Å². The number of carbonyl (C=O) groups excluding carboxylic acids is 3. The lowest BCUT2D eigenvalue weighted by atomic mass is 10.1. The van der Waals surface area contributed by atoms with E-state index in [1.807, 2.05) is 0 Å². The third-order valence-electron chi connectivity index (χ3n) is 5.99. The molecule has 0 saturated carbocycles.